The number of aliphatic hydroxyl groups excluding tert-OH is 1. The van der Waals surface area contributed by atoms with Gasteiger partial charge in [-0.1, -0.05) is 25.1 Å². The largest absolute Gasteiger partial charge is 0.396 e. The fourth-order valence-corrected chi connectivity index (χ4v) is 1.41. The molecular weight excluding hydrogens is 162 g/mol. The van der Waals surface area contributed by atoms with Gasteiger partial charge in [-0.05, 0) is 11.6 Å². The average Bonchev–Trinajstić information content (AvgIpc) is 2.16. The van der Waals surface area contributed by atoms with Crippen molar-refractivity contribution in [3.05, 3.63) is 29.8 Å². The van der Waals surface area contributed by atoms with Crippen molar-refractivity contribution in [3.8, 4) is 0 Å². The Morgan fingerprint density at radius 1 is 1.31 bits per heavy atom. The van der Waals surface area contributed by atoms with Crippen molar-refractivity contribution < 1.29 is 5.11 Å². The molecule has 13 heavy (non-hydrogen) atoms. The summed E-state index contributed by atoms with van der Waals surface area (Å²) in [7, 11) is 4.03. The standard InChI is InChI=1S/C11H17NO/c1-9(8-13)10-6-4-5-7-11(10)12(2)3/h4-7,9,13H,8H2,1-3H3. The lowest BCUT2D eigenvalue weighted by Gasteiger charge is -2.20. The van der Waals surface area contributed by atoms with E-state index in [1.165, 1.54) is 11.3 Å². The lowest BCUT2D eigenvalue weighted by molar-refractivity contribution is 0.273. The summed E-state index contributed by atoms with van der Waals surface area (Å²) in [6.45, 7) is 2.23. The molecule has 1 unspecified atom stereocenters. The molecule has 0 fully saturated rings. The van der Waals surface area contributed by atoms with Gasteiger partial charge in [-0.25, -0.2) is 0 Å². The molecule has 1 rings (SSSR count). The zero-order valence-corrected chi connectivity index (χ0v) is 8.49. The van der Waals surface area contributed by atoms with E-state index in [4.69, 9.17) is 5.11 Å². The van der Waals surface area contributed by atoms with Crippen molar-refractivity contribution in [2.75, 3.05) is 25.6 Å². The Morgan fingerprint density at radius 2 is 1.92 bits per heavy atom. The Kier molecular flexibility index (Phi) is 3.32. The van der Waals surface area contributed by atoms with Gasteiger partial charge in [0, 0.05) is 32.3 Å². The predicted molar refractivity (Wildman–Crippen MR) is 56.3 cm³/mol. The molecule has 0 bridgehead atoms. The van der Waals surface area contributed by atoms with Crippen molar-refractivity contribution in [2.24, 2.45) is 0 Å². The molecule has 0 amide bonds. The highest BCUT2D eigenvalue weighted by Gasteiger charge is 2.09. The normalized spacial score (nSPS) is 12.6. The second-order valence-electron chi connectivity index (χ2n) is 3.54. The monoisotopic (exact) mass is 179 g/mol. The van der Waals surface area contributed by atoms with Gasteiger partial charge in [0.25, 0.3) is 0 Å². The van der Waals surface area contributed by atoms with Gasteiger partial charge in [-0.2, -0.15) is 0 Å². The summed E-state index contributed by atoms with van der Waals surface area (Å²) in [4.78, 5) is 2.07. The highest BCUT2D eigenvalue weighted by Crippen LogP contribution is 2.25. The third kappa shape index (κ3) is 2.22. The van der Waals surface area contributed by atoms with E-state index in [1.807, 2.05) is 33.2 Å². The van der Waals surface area contributed by atoms with Gasteiger partial charge in [-0.15, -0.1) is 0 Å². The first-order valence-electron chi connectivity index (χ1n) is 4.54. The first kappa shape index (κ1) is 10.1. The van der Waals surface area contributed by atoms with E-state index in [9.17, 15) is 0 Å². The van der Waals surface area contributed by atoms with Crippen molar-refractivity contribution in [1.82, 2.24) is 0 Å². The van der Waals surface area contributed by atoms with E-state index in [1.54, 1.807) is 0 Å². The molecule has 1 aromatic carbocycles. The summed E-state index contributed by atoms with van der Waals surface area (Å²) < 4.78 is 0. The van der Waals surface area contributed by atoms with Crippen LogP contribution in [0.2, 0.25) is 0 Å². The summed E-state index contributed by atoms with van der Waals surface area (Å²) in [5.41, 5.74) is 2.39. The van der Waals surface area contributed by atoms with Crippen molar-refractivity contribution in [3.63, 3.8) is 0 Å². The highest BCUT2D eigenvalue weighted by molar-refractivity contribution is 5.53. The molecule has 0 aliphatic carbocycles. The Balaban J connectivity index is 3.04. The fraction of sp³-hybridized carbons (Fsp3) is 0.455. The highest BCUT2D eigenvalue weighted by atomic mass is 16.3. The van der Waals surface area contributed by atoms with Crippen LogP contribution in [0.1, 0.15) is 18.4 Å². The maximum absolute atomic E-state index is 9.08. The zero-order chi connectivity index (χ0) is 9.84. The van der Waals surface area contributed by atoms with Crippen LogP contribution in [0.5, 0.6) is 0 Å². The number of para-hydroxylation sites is 1. The minimum absolute atomic E-state index is 0.199. The minimum Gasteiger partial charge on any atom is -0.396 e. The molecule has 0 aromatic heterocycles. The van der Waals surface area contributed by atoms with Gasteiger partial charge in [-0.3, -0.25) is 0 Å². The number of nitrogens with zero attached hydrogens (tertiary/aromatic N) is 1. The second kappa shape index (κ2) is 4.28. The maximum atomic E-state index is 9.08. The smallest absolute Gasteiger partial charge is 0.0497 e. The van der Waals surface area contributed by atoms with Crippen LogP contribution in [0, 0.1) is 0 Å². The number of hydrogen-bond donors (Lipinski definition) is 1. The second-order valence-corrected chi connectivity index (χ2v) is 3.54. The molecule has 0 aliphatic heterocycles. The lowest BCUT2D eigenvalue weighted by Crippen LogP contribution is -2.13. The summed E-state index contributed by atoms with van der Waals surface area (Å²) in [6.07, 6.45) is 0. The van der Waals surface area contributed by atoms with Crippen LogP contribution in [0.25, 0.3) is 0 Å². The summed E-state index contributed by atoms with van der Waals surface area (Å²) in [5, 5.41) is 9.08. The van der Waals surface area contributed by atoms with Crippen LogP contribution < -0.4 is 4.90 Å². The Labute approximate surface area is 79.8 Å². The molecule has 1 N–H and O–H groups in total. The number of anilines is 1. The Bertz CT molecular complexity index is 271. The molecule has 1 aromatic rings. The van der Waals surface area contributed by atoms with Crippen LogP contribution in [0.3, 0.4) is 0 Å². The predicted octanol–water partition coefficient (Wildman–Crippen LogP) is 1.85. The number of rotatable bonds is 3. The molecule has 0 aliphatic rings. The molecule has 2 heteroatoms. The van der Waals surface area contributed by atoms with Crippen LogP contribution in [-0.2, 0) is 0 Å². The molecule has 1 atom stereocenters. The van der Waals surface area contributed by atoms with Gasteiger partial charge in [0.2, 0.25) is 0 Å². The summed E-state index contributed by atoms with van der Waals surface area (Å²) >= 11 is 0. The van der Waals surface area contributed by atoms with Gasteiger partial charge in [0.15, 0.2) is 0 Å². The van der Waals surface area contributed by atoms with E-state index in [0.29, 0.717) is 0 Å². The van der Waals surface area contributed by atoms with Crippen molar-refractivity contribution >= 4 is 5.69 Å². The number of benzene rings is 1. The fourth-order valence-electron chi connectivity index (χ4n) is 1.41. The number of aliphatic hydroxyl groups is 1. The van der Waals surface area contributed by atoms with Crippen molar-refractivity contribution in [2.45, 2.75) is 12.8 Å². The van der Waals surface area contributed by atoms with Crippen LogP contribution >= 0.6 is 0 Å². The van der Waals surface area contributed by atoms with E-state index in [-0.39, 0.29) is 12.5 Å². The van der Waals surface area contributed by atoms with Crippen LogP contribution in [-0.4, -0.2) is 25.8 Å². The van der Waals surface area contributed by atoms with Gasteiger partial charge in [0.05, 0.1) is 0 Å². The van der Waals surface area contributed by atoms with Crippen LogP contribution in [0.15, 0.2) is 24.3 Å². The Morgan fingerprint density at radius 3 is 2.46 bits per heavy atom. The topological polar surface area (TPSA) is 23.5 Å². The first-order chi connectivity index (χ1) is 6.16. The van der Waals surface area contributed by atoms with Gasteiger partial charge < -0.3 is 10.0 Å². The third-order valence-corrected chi connectivity index (χ3v) is 2.22. The molecule has 2 nitrogen and oxygen atoms in total. The summed E-state index contributed by atoms with van der Waals surface area (Å²) in [5.74, 6) is 0.207. The van der Waals surface area contributed by atoms with E-state index >= 15 is 0 Å². The van der Waals surface area contributed by atoms with E-state index < -0.39 is 0 Å². The minimum atomic E-state index is 0.199. The van der Waals surface area contributed by atoms with E-state index in [0.717, 1.165) is 0 Å². The molecule has 0 saturated heterocycles. The number of hydrogen-bond acceptors (Lipinski definition) is 2. The third-order valence-electron chi connectivity index (χ3n) is 2.22. The van der Waals surface area contributed by atoms with Gasteiger partial charge >= 0.3 is 0 Å². The van der Waals surface area contributed by atoms with E-state index in [2.05, 4.69) is 17.0 Å². The quantitative estimate of drug-likeness (QED) is 0.765. The van der Waals surface area contributed by atoms with Gasteiger partial charge in [0.1, 0.15) is 0 Å². The first-order valence-corrected chi connectivity index (χ1v) is 4.54. The zero-order valence-electron chi connectivity index (χ0n) is 8.49. The Hall–Kier alpha value is -1.02. The molecule has 0 heterocycles. The molecular formula is C11H17NO. The molecule has 0 spiro atoms. The SMILES string of the molecule is CC(CO)c1ccccc1N(C)C. The molecule has 0 radical (unpaired) electrons. The lowest BCUT2D eigenvalue weighted by atomic mass is 10.00. The molecule has 72 valence electrons. The average molecular weight is 179 g/mol. The maximum Gasteiger partial charge on any atom is 0.0497 e. The van der Waals surface area contributed by atoms with Crippen LogP contribution in [0.4, 0.5) is 5.69 Å². The van der Waals surface area contributed by atoms with Crippen molar-refractivity contribution in [1.29, 1.82) is 0 Å². The summed E-state index contributed by atoms with van der Waals surface area (Å²) in [6, 6.07) is 8.16. The molecule has 0 saturated carbocycles.